The Labute approximate surface area is 279 Å². The third-order valence-electron chi connectivity index (χ3n) is 8.38. The van der Waals surface area contributed by atoms with Gasteiger partial charge >= 0.3 is 0 Å². The van der Waals surface area contributed by atoms with Crippen LogP contribution >= 0.6 is 0 Å². The zero-order chi connectivity index (χ0) is 32.1. The molecule has 5 nitrogen and oxygen atoms in total. The number of hydrogen-bond acceptors (Lipinski definition) is 5. The summed E-state index contributed by atoms with van der Waals surface area (Å²) in [6.45, 7) is 0. The van der Waals surface area contributed by atoms with Crippen LogP contribution in [0.1, 0.15) is 0 Å². The molecule has 0 unspecified atom stereocenters. The monoisotopic (exact) mass is 615 g/mol. The van der Waals surface area contributed by atoms with E-state index in [2.05, 4.69) is 131 Å². The van der Waals surface area contributed by atoms with Crippen molar-refractivity contribution in [2.75, 3.05) is 0 Å². The first-order chi connectivity index (χ1) is 23.8. The lowest BCUT2D eigenvalue weighted by Gasteiger charge is -2.18. The molecule has 0 saturated carbocycles. The zero-order valence-corrected chi connectivity index (χ0v) is 26.0. The first-order valence-electron chi connectivity index (χ1n) is 15.8. The maximum atomic E-state index is 4.98. The molecule has 0 radical (unpaired) electrons. The summed E-state index contributed by atoms with van der Waals surface area (Å²) in [5, 5.41) is 0. The van der Waals surface area contributed by atoms with E-state index in [1.165, 1.54) is 16.7 Å². The van der Waals surface area contributed by atoms with Crippen molar-refractivity contribution in [3.05, 3.63) is 176 Å². The molecule has 3 aromatic heterocycles. The molecule has 0 N–H and O–H groups in total. The van der Waals surface area contributed by atoms with Gasteiger partial charge in [0.15, 0.2) is 17.5 Å². The lowest BCUT2D eigenvalue weighted by molar-refractivity contribution is 1.07. The first kappa shape index (κ1) is 28.9. The minimum atomic E-state index is 0.586. The molecule has 0 saturated heterocycles. The van der Waals surface area contributed by atoms with Gasteiger partial charge in [-0.25, -0.2) is 15.0 Å². The van der Waals surface area contributed by atoms with Crippen molar-refractivity contribution in [3.8, 4) is 78.7 Å². The molecule has 5 aromatic carbocycles. The second kappa shape index (κ2) is 13.0. The molecule has 0 amide bonds. The molecule has 5 heteroatoms. The fraction of sp³-hybridized carbons (Fsp3) is 0. The summed E-state index contributed by atoms with van der Waals surface area (Å²) in [6.07, 6.45) is 7.00. The van der Waals surface area contributed by atoms with Crippen molar-refractivity contribution >= 4 is 0 Å². The highest BCUT2D eigenvalue weighted by Crippen LogP contribution is 2.41. The molecule has 0 bridgehead atoms. The molecular weight excluding hydrogens is 587 g/mol. The van der Waals surface area contributed by atoms with Crippen molar-refractivity contribution < 1.29 is 0 Å². The van der Waals surface area contributed by atoms with E-state index in [9.17, 15) is 0 Å². The molecule has 0 atom stereocenters. The first-order valence-corrected chi connectivity index (χ1v) is 15.8. The van der Waals surface area contributed by atoms with Crippen LogP contribution in [0.5, 0.6) is 0 Å². The predicted octanol–water partition coefficient (Wildman–Crippen LogP) is 10.3. The molecule has 0 aliphatic heterocycles. The molecule has 0 spiro atoms. The van der Waals surface area contributed by atoms with Gasteiger partial charge in [-0.3, -0.25) is 9.97 Å². The van der Waals surface area contributed by atoms with Gasteiger partial charge in [0.05, 0.1) is 0 Å². The summed E-state index contributed by atoms with van der Waals surface area (Å²) in [5.74, 6) is 1.76. The summed E-state index contributed by atoms with van der Waals surface area (Å²) < 4.78 is 0. The van der Waals surface area contributed by atoms with Crippen LogP contribution in [-0.4, -0.2) is 24.9 Å². The SMILES string of the molecule is c1ccc(-c2ccc(-c3ccc(-c4nc(-c5ccncc5)nc(-c5ccncc5)n4)cc3-c3ccccc3)c(-c3ccccc3)c2)cc1. The molecule has 0 aliphatic rings. The predicted molar refractivity (Wildman–Crippen MR) is 193 cm³/mol. The van der Waals surface area contributed by atoms with E-state index in [1.54, 1.807) is 24.8 Å². The molecule has 0 aliphatic carbocycles. The number of benzene rings is 5. The third-order valence-corrected chi connectivity index (χ3v) is 8.38. The number of pyridine rings is 2. The van der Waals surface area contributed by atoms with Gasteiger partial charge in [-0.15, -0.1) is 0 Å². The van der Waals surface area contributed by atoms with Crippen molar-refractivity contribution in [2.24, 2.45) is 0 Å². The minimum Gasteiger partial charge on any atom is -0.265 e. The Kier molecular flexibility index (Phi) is 7.83. The third kappa shape index (κ3) is 5.88. The normalized spacial score (nSPS) is 10.9. The quantitative estimate of drug-likeness (QED) is 0.178. The second-order valence-corrected chi connectivity index (χ2v) is 11.4. The van der Waals surface area contributed by atoms with Crippen molar-refractivity contribution in [1.29, 1.82) is 0 Å². The molecule has 48 heavy (non-hydrogen) atoms. The van der Waals surface area contributed by atoms with Crippen molar-refractivity contribution in [2.45, 2.75) is 0 Å². The van der Waals surface area contributed by atoms with Gasteiger partial charge in [-0.05, 0) is 80.9 Å². The van der Waals surface area contributed by atoms with E-state index in [4.69, 9.17) is 15.0 Å². The smallest absolute Gasteiger partial charge is 0.164 e. The Morgan fingerprint density at radius 1 is 0.250 bits per heavy atom. The Morgan fingerprint density at radius 2 is 0.625 bits per heavy atom. The number of aromatic nitrogens is 5. The van der Waals surface area contributed by atoms with Crippen LogP contribution < -0.4 is 0 Å². The standard InChI is InChI=1S/C43H29N5/c1-4-10-30(11-5-1)35-16-18-37(39(28-35)31-12-6-2-7-13-31)38-19-17-36(29-40(38)32-14-8-3-9-15-32)43-47-41(33-20-24-44-25-21-33)46-42(48-43)34-22-26-45-27-23-34/h1-29H. The Balaban J connectivity index is 1.33. The highest BCUT2D eigenvalue weighted by atomic mass is 15.0. The van der Waals surface area contributed by atoms with Gasteiger partial charge in [0, 0.05) is 41.5 Å². The van der Waals surface area contributed by atoms with E-state index >= 15 is 0 Å². The Morgan fingerprint density at radius 3 is 1.08 bits per heavy atom. The zero-order valence-electron chi connectivity index (χ0n) is 26.0. The van der Waals surface area contributed by atoms with Gasteiger partial charge in [0.25, 0.3) is 0 Å². The van der Waals surface area contributed by atoms with Gasteiger partial charge in [-0.2, -0.15) is 0 Å². The van der Waals surface area contributed by atoms with Crippen molar-refractivity contribution in [1.82, 2.24) is 24.9 Å². The lowest BCUT2D eigenvalue weighted by atomic mass is 9.86. The van der Waals surface area contributed by atoms with Gasteiger partial charge in [0.2, 0.25) is 0 Å². The topological polar surface area (TPSA) is 64.5 Å². The van der Waals surface area contributed by atoms with E-state index in [-0.39, 0.29) is 0 Å². The highest BCUT2D eigenvalue weighted by Gasteiger charge is 2.18. The lowest BCUT2D eigenvalue weighted by Crippen LogP contribution is -2.01. The summed E-state index contributed by atoms with van der Waals surface area (Å²) in [4.78, 5) is 23.2. The van der Waals surface area contributed by atoms with Crippen LogP contribution in [0.4, 0.5) is 0 Å². The van der Waals surface area contributed by atoms with Crippen LogP contribution in [0.3, 0.4) is 0 Å². The van der Waals surface area contributed by atoms with E-state index in [0.29, 0.717) is 17.5 Å². The van der Waals surface area contributed by atoms with Crippen LogP contribution in [0.15, 0.2) is 176 Å². The number of hydrogen-bond donors (Lipinski definition) is 0. The van der Waals surface area contributed by atoms with Gasteiger partial charge < -0.3 is 0 Å². The van der Waals surface area contributed by atoms with Gasteiger partial charge in [-0.1, -0.05) is 115 Å². The summed E-state index contributed by atoms with van der Waals surface area (Å²) in [7, 11) is 0. The molecule has 226 valence electrons. The summed E-state index contributed by atoms with van der Waals surface area (Å²) in [6, 6.07) is 52.6. The number of nitrogens with zero attached hydrogens (tertiary/aromatic N) is 5. The summed E-state index contributed by atoms with van der Waals surface area (Å²) in [5.41, 5.74) is 11.8. The van der Waals surface area contributed by atoms with E-state index < -0.39 is 0 Å². The largest absolute Gasteiger partial charge is 0.265 e. The highest BCUT2D eigenvalue weighted by molar-refractivity contribution is 5.94. The maximum Gasteiger partial charge on any atom is 0.164 e. The van der Waals surface area contributed by atoms with E-state index in [0.717, 1.165) is 44.5 Å². The fourth-order valence-electron chi connectivity index (χ4n) is 5.99. The molecule has 3 heterocycles. The van der Waals surface area contributed by atoms with Crippen LogP contribution in [-0.2, 0) is 0 Å². The van der Waals surface area contributed by atoms with Crippen molar-refractivity contribution in [3.63, 3.8) is 0 Å². The molecular formula is C43H29N5. The fourth-order valence-corrected chi connectivity index (χ4v) is 5.99. The van der Waals surface area contributed by atoms with Crippen LogP contribution in [0, 0.1) is 0 Å². The Hall–Kier alpha value is -6.59. The molecule has 0 fully saturated rings. The summed E-state index contributed by atoms with van der Waals surface area (Å²) >= 11 is 0. The molecule has 8 aromatic rings. The maximum absolute atomic E-state index is 4.98. The minimum absolute atomic E-state index is 0.586. The average molecular weight is 616 g/mol. The Bertz CT molecular complexity index is 2250. The molecule has 8 rings (SSSR count). The second-order valence-electron chi connectivity index (χ2n) is 11.4. The van der Waals surface area contributed by atoms with Crippen LogP contribution in [0.2, 0.25) is 0 Å². The number of rotatable bonds is 7. The van der Waals surface area contributed by atoms with Gasteiger partial charge in [0.1, 0.15) is 0 Å². The van der Waals surface area contributed by atoms with Crippen LogP contribution in [0.25, 0.3) is 78.7 Å². The van der Waals surface area contributed by atoms with E-state index in [1.807, 2.05) is 30.3 Å². The average Bonchev–Trinajstić information content (AvgIpc) is 3.19.